The first-order valence-corrected chi connectivity index (χ1v) is 6.35. The van der Waals surface area contributed by atoms with Crippen molar-refractivity contribution in [1.29, 1.82) is 0 Å². The van der Waals surface area contributed by atoms with E-state index in [1.165, 1.54) is 0 Å². The molecule has 0 radical (unpaired) electrons. The van der Waals surface area contributed by atoms with Gasteiger partial charge in [-0.15, -0.1) is 0 Å². The van der Waals surface area contributed by atoms with Gasteiger partial charge in [-0.05, 0) is 19.4 Å². The molecule has 0 aliphatic carbocycles. The summed E-state index contributed by atoms with van der Waals surface area (Å²) in [4.78, 5) is 12.0. The molecule has 0 bridgehead atoms. The van der Waals surface area contributed by atoms with Gasteiger partial charge in [0.15, 0.2) is 0 Å². The molecule has 3 heterocycles. The molecule has 3 aromatic rings. The summed E-state index contributed by atoms with van der Waals surface area (Å²) in [6.07, 6.45) is 3.70. The predicted molar refractivity (Wildman–Crippen MR) is 74.6 cm³/mol. The normalized spacial score (nSPS) is 11.3. The predicted octanol–water partition coefficient (Wildman–Crippen LogP) is 2.19. The van der Waals surface area contributed by atoms with Crippen LogP contribution in [0.2, 0.25) is 0 Å². The molecule has 0 aliphatic heterocycles. The van der Waals surface area contributed by atoms with Gasteiger partial charge >= 0.3 is 0 Å². The first kappa shape index (κ1) is 11.7. The number of H-pyrrole nitrogens is 2. The minimum atomic E-state index is 0.505. The SMILES string of the molecule is CCCc1nc(N)c2c(-c3cc(C)[nH]n3)c[nH]c2n1. The fourth-order valence-electron chi connectivity index (χ4n) is 2.20. The summed E-state index contributed by atoms with van der Waals surface area (Å²) in [6.45, 7) is 4.06. The number of nitrogen functional groups attached to an aromatic ring is 1. The molecular weight excluding hydrogens is 240 g/mol. The Morgan fingerprint density at radius 3 is 2.84 bits per heavy atom. The zero-order chi connectivity index (χ0) is 13.4. The molecule has 3 rings (SSSR count). The van der Waals surface area contributed by atoms with Gasteiger partial charge in [-0.2, -0.15) is 5.10 Å². The second-order valence-corrected chi connectivity index (χ2v) is 4.64. The standard InChI is InChI=1S/C13H16N6/c1-3-4-10-16-12(14)11-8(6-15-13(11)17-10)9-5-7(2)18-19-9/h5-6H,3-4H2,1-2H3,(H,18,19)(H3,14,15,16,17). The number of hydrogen-bond acceptors (Lipinski definition) is 4. The molecule has 0 spiro atoms. The summed E-state index contributed by atoms with van der Waals surface area (Å²) in [5.74, 6) is 1.28. The van der Waals surface area contributed by atoms with Crippen molar-refractivity contribution in [2.75, 3.05) is 5.73 Å². The van der Waals surface area contributed by atoms with E-state index in [0.717, 1.165) is 46.7 Å². The molecule has 0 fully saturated rings. The number of rotatable bonds is 3. The number of anilines is 1. The maximum absolute atomic E-state index is 6.07. The van der Waals surface area contributed by atoms with E-state index in [1.807, 2.05) is 19.2 Å². The average molecular weight is 256 g/mol. The van der Waals surface area contributed by atoms with E-state index in [2.05, 4.69) is 32.1 Å². The zero-order valence-corrected chi connectivity index (χ0v) is 11.0. The Labute approximate surface area is 110 Å². The highest BCUT2D eigenvalue weighted by atomic mass is 15.1. The van der Waals surface area contributed by atoms with E-state index in [-0.39, 0.29) is 0 Å². The molecule has 0 aliphatic rings. The number of nitrogens with zero attached hydrogens (tertiary/aromatic N) is 3. The molecule has 3 aromatic heterocycles. The third kappa shape index (κ3) is 1.95. The van der Waals surface area contributed by atoms with Crippen LogP contribution in [0.5, 0.6) is 0 Å². The topological polar surface area (TPSA) is 96.3 Å². The van der Waals surface area contributed by atoms with Crippen LogP contribution in [0.1, 0.15) is 24.9 Å². The van der Waals surface area contributed by atoms with E-state index in [1.54, 1.807) is 0 Å². The van der Waals surface area contributed by atoms with E-state index >= 15 is 0 Å². The van der Waals surface area contributed by atoms with Crippen LogP contribution < -0.4 is 5.73 Å². The quantitative estimate of drug-likeness (QED) is 0.669. The number of aromatic nitrogens is 5. The fraction of sp³-hybridized carbons (Fsp3) is 0.308. The van der Waals surface area contributed by atoms with Crippen molar-refractivity contribution >= 4 is 16.9 Å². The molecule has 0 atom stereocenters. The highest BCUT2D eigenvalue weighted by Gasteiger charge is 2.14. The molecule has 0 amide bonds. The minimum Gasteiger partial charge on any atom is -0.383 e. The molecule has 98 valence electrons. The van der Waals surface area contributed by atoms with Crippen LogP contribution in [-0.2, 0) is 6.42 Å². The van der Waals surface area contributed by atoms with E-state index in [0.29, 0.717) is 5.82 Å². The average Bonchev–Trinajstić information content (AvgIpc) is 2.95. The Bertz CT molecular complexity index is 724. The van der Waals surface area contributed by atoms with Gasteiger partial charge in [-0.1, -0.05) is 6.92 Å². The maximum atomic E-state index is 6.07. The number of nitrogens with one attached hydrogen (secondary N) is 2. The summed E-state index contributed by atoms with van der Waals surface area (Å²) in [7, 11) is 0. The van der Waals surface area contributed by atoms with Crippen LogP contribution >= 0.6 is 0 Å². The molecule has 0 aromatic carbocycles. The van der Waals surface area contributed by atoms with Crippen molar-refractivity contribution in [3.63, 3.8) is 0 Å². The van der Waals surface area contributed by atoms with E-state index < -0.39 is 0 Å². The van der Waals surface area contributed by atoms with Crippen LogP contribution in [0.3, 0.4) is 0 Å². The summed E-state index contributed by atoms with van der Waals surface area (Å²) in [6, 6.07) is 1.97. The highest BCUT2D eigenvalue weighted by molar-refractivity contribution is 5.99. The Hall–Kier alpha value is -2.37. The van der Waals surface area contributed by atoms with Crippen LogP contribution in [0, 0.1) is 6.92 Å². The van der Waals surface area contributed by atoms with Crippen molar-refractivity contribution in [3.05, 3.63) is 23.8 Å². The van der Waals surface area contributed by atoms with Crippen LogP contribution in [-0.4, -0.2) is 25.1 Å². The van der Waals surface area contributed by atoms with Crippen molar-refractivity contribution in [2.24, 2.45) is 0 Å². The van der Waals surface area contributed by atoms with Gasteiger partial charge in [-0.3, -0.25) is 5.10 Å². The molecule has 0 unspecified atom stereocenters. The minimum absolute atomic E-state index is 0.505. The third-order valence-corrected chi connectivity index (χ3v) is 3.06. The van der Waals surface area contributed by atoms with Gasteiger partial charge in [0.25, 0.3) is 0 Å². The summed E-state index contributed by atoms with van der Waals surface area (Å²) in [5, 5.41) is 8.02. The maximum Gasteiger partial charge on any atom is 0.143 e. The third-order valence-electron chi connectivity index (χ3n) is 3.06. The molecule has 6 heteroatoms. The fourth-order valence-corrected chi connectivity index (χ4v) is 2.20. The first-order chi connectivity index (χ1) is 9.19. The van der Waals surface area contributed by atoms with Gasteiger partial charge in [0.1, 0.15) is 17.3 Å². The van der Waals surface area contributed by atoms with E-state index in [9.17, 15) is 0 Å². The molecule has 0 saturated carbocycles. The Morgan fingerprint density at radius 1 is 1.32 bits per heavy atom. The Morgan fingerprint density at radius 2 is 2.16 bits per heavy atom. The van der Waals surface area contributed by atoms with Crippen molar-refractivity contribution in [1.82, 2.24) is 25.1 Å². The van der Waals surface area contributed by atoms with Crippen LogP contribution in [0.4, 0.5) is 5.82 Å². The number of nitrogens with two attached hydrogens (primary N) is 1. The zero-order valence-electron chi connectivity index (χ0n) is 11.0. The molecule has 4 N–H and O–H groups in total. The summed E-state index contributed by atoms with van der Waals surface area (Å²) < 4.78 is 0. The number of fused-ring (bicyclic) bond motifs is 1. The lowest BCUT2D eigenvalue weighted by molar-refractivity contribution is 0.845. The highest BCUT2D eigenvalue weighted by Crippen LogP contribution is 2.30. The van der Waals surface area contributed by atoms with E-state index in [4.69, 9.17) is 5.73 Å². The Balaban J connectivity index is 2.18. The second-order valence-electron chi connectivity index (χ2n) is 4.64. The molecular formula is C13H16N6. The lowest BCUT2D eigenvalue weighted by atomic mass is 10.1. The number of hydrogen-bond donors (Lipinski definition) is 3. The molecule has 6 nitrogen and oxygen atoms in total. The largest absolute Gasteiger partial charge is 0.383 e. The first-order valence-electron chi connectivity index (χ1n) is 6.35. The van der Waals surface area contributed by atoms with Crippen LogP contribution in [0.25, 0.3) is 22.3 Å². The lowest BCUT2D eigenvalue weighted by Crippen LogP contribution is -2.00. The summed E-state index contributed by atoms with van der Waals surface area (Å²) >= 11 is 0. The van der Waals surface area contributed by atoms with Gasteiger partial charge in [-0.25, -0.2) is 9.97 Å². The molecule has 19 heavy (non-hydrogen) atoms. The monoisotopic (exact) mass is 256 g/mol. The van der Waals surface area contributed by atoms with Crippen molar-refractivity contribution < 1.29 is 0 Å². The second kappa shape index (κ2) is 4.38. The molecule has 0 saturated heterocycles. The van der Waals surface area contributed by atoms with Gasteiger partial charge in [0.2, 0.25) is 0 Å². The smallest absolute Gasteiger partial charge is 0.143 e. The van der Waals surface area contributed by atoms with Crippen LogP contribution in [0.15, 0.2) is 12.3 Å². The lowest BCUT2D eigenvalue weighted by Gasteiger charge is -2.02. The number of aryl methyl sites for hydroxylation is 2. The van der Waals surface area contributed by atoms with Gasteiger partial charge in [0, 0.05) is 23.9 Å². The van der Waals surface area contributed by atoms with Gasteiger partial charge in [0.05, 0.1) is 11.1 Å². The van der Waals surface area contributed by atoms with Gasteiger partial charge < -0.3 is 10.7 Å². The number of aromatic amines is 2. The van der Waals surface area contributed by atoms with Crippen molar-refractivity contribution in [3.8, 4) is 11.3 Å². The summed E-state index contributed by atoms with van der Waals surface area (Å²) in [5.41, 5.74) is 9.62. The van der Waals surface area contributed by atoms with Crippen molar-refractivity contribution in [2.45, 2.75) is 26.7 Å². The Kier molecular flexibility index (Phi) is 2.70.